The van der Waals surface area contributed by atoms with E-state index in [1.54, 1.807) is 14.2 Å². The highest BCUT2D eigenvalue weighted by Crippen LogP contribution is 2.38. The fourth-order valence-electron chi connectivity index (χ4n) is 5.31. The minimum atomic E-state index is -0.0759. The molecule has 204 valence electrons. The lowest BCUT2D eigenvalue weighted by Crippen LogP contribution is -2.09. The molecule has 0 unspecified atom stereocenters. The summed E-state index contributed by atoms with van der Waals surface area (Å²) in [4.78, 5) is 19.7. The van der Waals surface area contributed by atoms with Crippen molar-refractivity contribution in [3.8, 4) is 34.1 Å². The van der Waals surface area contributed by atoms with Gasteiger partial charge >= 0.3 is 0 Å². The zero-order valence-corrected chi connectivity index (χ0v) is 23.1. The van der Waals surface area contributed by atoms with Gasteiger partial charge in [-0.3, -0.25) is 4.79 Å². The van der Waals surface area contributed by atoms with Crippen molar-refractivity contribution in [3.63, 3.8) is 0 Å². The molecule has 5 aromatic carbocycles. The zero-order valence-electron chi connectivity index (χ0n) is 23.1. The number of fused-ring (bicyclic) bond motifs is 4. The number of hydrogen-bond donors (Lipinski definition) is 0. The minimum Gasteiger partial charge on any atom is -0.497 e. The average Bonchev–Trinajstić information content (AvgIpc) is 3.05. The predicted octanol–water partition coefficient (Wildman–Crippen LogP) is 8.60. The van der Waals surface area contributed by atoms with Crippen molar-refractivity contribution >= 4 is 38.9 Å². The molecule has 2 aliphatic rings. The van der Waals surface area contributed by atoms with E-state index in [4.69, 9.17) is 18.9 Å². The van der Waals surface area contributed by atoms with E-state index in [1.807, 2.05) is 91.0 Å². The Morgan fingerprint density at radius 2 is 1.17 bits per heavy atom. The summed E-state index contributed by atoms with van der Waals surface area (Å²) >= 11 is 0. The maximum absolute atomic E-state index is 12.7. The summed E-state index contributed by atoms with van der Waals surface area (Å²) in [6.45, 7) is 0. The lowest BCUT2D eigenvalue weighted by molar-refractivity contribution is 0.415. The molecule has 42 heavy (non-hydrogen) atoms. The van der Waals surface area contributed by atoms with Crippen LogP contribution in [-0.2, 0) is 0 Å². The van der Waals surface area contributed by atoms with Crippen LogP contribution in [0.25, 0.3) is 44.5 Å². The van der Waals surface area contributed by atoms with Gasteiger partial charge in [0.1, 0.15) is 22.7 Å². The van der Waals surface area contributed by atoms with Crippen molar-refractivity contribution < 1.29 is 13.9 Å². The van der Waals surface area contributed by atoms with E-state index in [9.17, 15) is 4.79 Å². The summed E-state index contributed by atoms with van der Waals surface area (Å²) in [6, 6.07) is 39.3. The molecule has 0 atom stereocenters. The molecule has 1 aliphatic heterocycles. The van der Waals surface area contributed by atoms with Crippen LogP contribution in [0.5, 0.6) is 11.5 Å². The number of ether oxygens (including phenoxy) is 2. The second-order valence-electron chi connectivity index (χ2n) is 9.94. The highest BCUT2D eigenvalue weighted by atomic mass is 16.5. The Morgan fingerprint density at radius 1 is 0.619 bits per heavy atom. The molecule has 0 amide bonds. The number of benzene rings is 6. The smallest absolute Gasteiger partial charge is 0.190 e. The van der Waals surface area contributed by atoms with Crippen LogP contribution in [0.3, 0.4) is 0 Å². The van der Waals surface area contributed by atoms with Crippen molar-refractivity contribution in [2.24, 2.45) is 0 Å². The maximum Gasteiger partial charge on any atom is 0.190 e. The normalized spacial score (nSPS) is 11.2. The van der Waals surface area contributed by atoms with Gasteiger partial charge in [0.25, 0.3) is 0 Å². The Balaban J connectivity index is 1.27. The van der Waals surface area contributed by atoms with Crippen LogP contribution in [0.15, 0.2) is 131 Å². The first-order chi connectivity index (χ1) is 20.6. The quantitative estimate of drug-likeness (QED) is 0.153. The van der Waals surface area contributed by atoms with E-state index in [0.29, 0.717) is 22.4 Å². The van der Waals surface area contributed by atoms with Gasteiger partial charge in [-0.15, -0.1) is 0 Å². The molecule has 0 N–H and O–H groups in total. The van der Waals surface area contributed by atoms with Crippen LogP contribution in [0.1, 0.15) is 0 Å². The van der Waals surface area contributed by atoms with Crippen LogP contribution in [0.4, 0.5) is 17.1 Å². The van der Waals surface area contributed by atoms with Gasteiger partial charge in [-0.25, -0.2) is 4.98 Å². The van der Waals surface area contributed by atoms with Gasteiger partial charge in [-0.05, 0) is 83.9 Å². The van der Waals surface area contributed by atoms with Gasteiger partial charge in [-0.1, -0.05) is 42.5 Å². The molecule has 6 nitrogen and oxygen atoms in total. The topological polar surface area (TPSA) is 64.8 Å². The van der Waals surface area contributed by atoms with Gasteiger partial charge in [0.2, 0.25) is 0 Å². The first-order valence-corrected chi connectivity index (χ1v) is 13.6. The van der Waals surface area contributed by atoms with Crippen molar-refractivity contribution in [2.45, 2.75) is 0 Å². The Kier molecular flexibility index (Phi) is 6.28. The summed E-state index contributed by atoms with van der Waals surface area (Å²) < 4.78 is 17.0. The summed E-state index contributed by atoms with van der Waals surface area (Å²) in [7, 11) is 3.33. The van der Waals surface area contributed by atoms with Gasteiger partial charge in [0, 0.05) is 33.9 Å². The first kappa shape index (κ1) is 25.4. The van der Waals surface area contributed by atoms with E-state index in [0.717, 1.165) is 50.6 Å². The first-order valence-electron chi connectivity index (χ1n) is 13.6. The second-order valence-corrected chi connectivity index (χ2v) is 9.94. The zero-order chi connectivity index (χ0) is 28.6. The van der Waals surface area contributed by atoms with Crippen LogP contribution >= 0.6 is 0 Å². The standard InChI is InChI=1S/C36H26N2O4/c1-40-28-16-12-26(13-17-28)38(27-14-18-29(41-2)19-15-27)25-10-7-23(8-11-25)24-9-20-32-34(21-24)42-35-22-33(39)30-5-3-4-6-31(30)36(35)37-32/h3-22H,1-2H3. The lowest BCUT2D eigenvalue weighted by atomic mass is 10.0. The maximum atomic E-state index is 12.7. The fraction of sp³-hybridized carbons (Fsp3) is 0.0556. The molecule has 1 aliphatic carbocycles. The van der Waals surface area contributed by atoms with Gasteiger partial charge in [0.05, 0.1) is 14.2 Å². The molecule has 1 heterocycles. The number of anilines is 3. The van der Waals surface area contributed by atoms with Crippen molar-refractivity contribution in [3.05, 3.63) is 132 Å². The highest BCUT2D eigenvalue weighted by molar-refractivity contribution is 5.96. The number of methoxy groups -OCH3 is 2. The van der Waals surface area contributed by atoms with Gasteiger partial charge in [-0.2, -0.15) is 0 Å². The lowest BCUT2D eigenvalue weighted by Gasteiger charge is -2.26. The van der Waals surface area contributed by atoms with Crippen molar-refractivity contribution in [1.29, 1.82) is 0 Å². The number of hydrogen-bond acceptors (Lipinski definition) is 6. The van der Waals surface area contributed by atoms with Crippen LogP contribution in [-0.4, -0.2) is 19.2 Å². The third kappa shape index (κ3) is 4.49. The Bertz CT molecular complexity index is 2020. The summed E-state index contributed by atoms with van der Waals surface area (Å²) in [5.41, 5.74) is 6.99. The van der Waals surface area contributed by atoms with E-state index in [2.05, 4.69) is 29.2 Å². The average molecular weight is 551 g/mol. The van der Waals surface area contributed by atoms with Gasteiger partial charge < -0.3 is 18.8 Å². The number of nitrogens with zero attached hydrogens (tertiary/aromatic N) is 2. The molecule has 0 radical (unpaired) electrons. The van der Waals surface area contributed by atoms with E-state index in [-0.39, 0.29) is 5.43 Å². The second kappa shape index (κ2) is 10.4. The molecule has 5 aromatic rings. The third-order valence-electron chi connectivity index (χ3n) is 7.48. The van der Waals surface area contributed by atoms with E-state index in [1.165, 1.54) is 6.07 Å². The molecule has 0 saturated heterocycles. The summed E-state index contributed by atoms with van der Waals surface area (Å²) in [5, 5.41) is 1.44. The largest absolute Gasteiger partial charge is 0.497 e. The molecule has 0 aromatic heterocycles. The third-order valence-corrected chi connectivity index (χ3v) is 7.48. The van der Waals surface area contributed by atoms with Crippen LogP contribution < -0.4 is 19.8 Å². The number of aromatic nitrogens is 1. The molecule has 6 heteroatoms. The molecule has 0 fully saturated rings. The molecule has 7 rings (SSSR count). The SMILES string of the molecule is COc1ccc(N(c2ccc(OC)cc2)c2ccc(-c3ccc4nc5c6ccccc6c(=O)cc-5oc4c3)cc2)cc1. The minimum absolute atomic E-state index is 0.0759. The molecule has 0 bridgehead atoms. The molecular formula is C36H26N2O4. The molecule has 0 spiro atoms. The molecule has 0 saturated carbocycles. The predicted molar refractivity (Wildman–Crippen MR) is 168 cm³/mol. The van der Waals surface area contributed by atoms with Crippen LogP contribution in [0, 0.1) is 0 Å². The summed E-state index contributed by atoms with van der Waals surface area (Å²) in [5.74, 6) is 2.08. The fourth-order valence-corrected chi connectivity index (χ4v) is 5.31. The Labute approximate surface area is 242 Å². The van der Waals surface area contributed by atoms with Crippen molar-refractivity contribution in [2.75, 3.05) is 19.1 Å². The monoisotopic (exact) mass is 550 g/mol. The van der Waals surface area contributed by atoms with Crippen molar-refractivity contribution in [1.82, 2.24) is 4.98 Å². The van der Waals surface area contributed by atoms with Crippen LogP contribution in [0.2, 0.25) is 0 Å². The molecular weight excluding hydrogens is 524 g/mol. The highest BCUT2D eigenvalue weighted by Gasteiger charge is 2.17. The van der Waals surface area contributed by atoms with Gasteiger partial charge in [0.15, 0.2) is 16.8 Å². The van der Waals surface area contributed by atoms with E-state index >= 15 is 0 Å². The Hall–Kier alpha value is -5.62. The number of rotatable bonds is 6. The Morgan fingerprint density at radius 3 is 1.76 bits per heavy atom. The summed E-state index contributed by atoms with van der Waals surface area (Å²) in [6.07, 6.45) is 0. The van der Waals surface area contributed by atoms with E-state index < -0.39 is 0 Å².